The van der Waals surface area contributed by atoms with E-state index in [1.807, 2.05) is 20.8 Å². The number of aliphatic imine (C=N–C) groups is 1. The quantitative estimate of drug-likeness (QED) is 0.623. The minimum Gasteiger partial charge on any atom is -0.398 e. The van der Waals surface area contributed by atoms with Crippen molar-refractivity contribution in [3.8, 4) is 0 Å². The van der Waals surface area contributed by atoms with Gasteiger partial charge < -0.3 is 11.5 Å². The zero-order valence-electron chi connectivity index (χ0n) is 7.96. The summed E-state index contributed by atoms with van der Waals surface area (Å²) in [4.78, 5) is 4.12. The van der Waals surface area contributed by atoms with Crippen LogP contribution in [-0.4, -0.2) is 5.71 Å². The molecule has 0 spiro atoms. The molecule has 3 heteroatoms. The van der Waals surface area contributed by atoms with E-state index < -0.39 is 0 Å². The first kappa shape index (κ1) is 10.8. The molecule has 0 amide bonds. The summed E-state index contributed by atoms with van der Waals surface area (Å²) < 4.78 is 0. The normalized spacial score (nSPS) is 13.7. The van der Waals surface area contributed by atoms with Crippen molar-refractivity contribution in [2.24, 2.45) is 22.4 Å². The topological polar surface area (TPSA) is 64.4 Å². The minimum absolute atomic E-state index is 0.251. The molecule has 0 rings (SSSR count). The van der Waals surface area contributed by atoms with Crippen LogP contribution in [0.25, 0.3) is 0 Å². The van der Waals surface area contributed by atoms with Gasteiger partial charge in [-0.15, -0.1) is 0 Å². The first-order valence-electron chi connectivity index (χ1n) is 3.94. The Hall–Kier alpha value is -1.25. The molecule has 0 aliphatic rings. The van der Waals surface area contributed by atoms with Gasteiger partial charge in [-0.05, 0) is 18.9 Å². The molecule has 0 aliphatic carbocycles. The fraction of sp³-hybridized carbons (Fsp3) is 0.444. The molecular weight excluding hydrogens is 150 g/mol. The smallest absolute Gasteiger partial charge is 0.119 e. The molecule has 0 bridgehead atoms. The van der Waals surface area contributed by atoms with Crippen molar-refractivity contribution in [1.29, 1.82) is 0 Å². The number of allylic oxidation sites excluding steroid dienone is 2. The van der Waals surface area contributed by atoms with Crippen molar-refractivity contribution in [1.82, 2.24) is 0 Å². The molecule has 0 heterocycles. The lowest BCUT2D eigenvalue weighted by molar-refractivity contribution is 0.876. The average Bonchev–Trinajstić information content (AvgIpc) is 1.98. The Morgan fingerprint density at radius 3 is 2.17 bits per heavy atom. The monoisotopic (exact) mass is 167 g/mol. The Morgan fingerprint density at radius 2 is 1.92 bits per heavy atom. The van der Waals surface area contributed by atoms with Gasteiger partial charge in [-0.25, -0.2) is 4.99 Å². The summed E-state index contributed by atoms with van der Waals surface area (Å²) in [5, 5.41) is 0. The van der Waals surface area contributed by atoms with Crippen molar-refractivity contribution in [2.45, 2.75) is 20.8 Å². The van der Waals surface area contributed by atoms with Crippen LogP contribution in [0.3, 0.4) is 0 Å². The van der Waals surface area contributed by atoms with Crippen molar-refractivity contribution >= 4 is 5.71 Å². The lowest BCUT2D eigenvalue weighted by Gasteiger charge is -2.08. The van der Waals surface area contributed by atoms with Crippen molar-refractivity contribution in [3.63, 3.8) is 0 Å². The molecule has 0 aromatic rings. The van der Waals surface area contributed by atoms with E-state index in [1.54, 1.807) is 6.08 Å². The Balaban J connectivity index is 4.74. The van der Waals surface area contributed by atoms with Gasteiger partial charge >= 0.3 is 0 Å². The maximum atomic E-state index is 5.53. The Bertz CT molecular complexity index is 224. The van der Waals surface area contributed by atoms with Crippen LogP contribution in [0.15, 0.2) is 29.2 Å². The number of nitrogens with zero attached hydrogens (tertiary/aromatic N) is 1. The molecule has 12 heavy (non-hydrogen) atoms. The summed E-state index contributed by atoms with van der Waals surface area (Å²) >= 11 is 0. The molecule has 0 saturated heterocycles. The van der Waals surface area contributed by atoms with Gasteiger partial charge in [-0.3, -0.25) is 0 Å². The van der Waals surface area contributed by atoms with Crippen molar-refractivity contribution in [2.75, 3.05) is 0 Å². The molecule has 0 unspecified atom stereocenters. The lowest BCUT2D eigenvalue weighted by Crippen LogP contribution is -2.17. The van der Waals surface area contributed by atoms with E-state index in [2.05, 4.69) is 11.6 Å². The van der Waals surface area contributed by atoms with E-state index in [0.29, 0.717) is 11.5 Å². The van der Waals surface area contributed by atoms with Crippen molar-refractivity contribution in [3.05, 3.63) is 24.2 Å². The first-order chi connectivity index (χ1) is 5.49. The fourth-order valence-corrected chi connectivity index (χ4v) is 0.775. The summed E-state index contributed by atoms with van der Waals surface area (Å²) in [6, 6.07) is 0. The van der Waals surface area contributed by atoms with E-state index in [0.717, 1.165) is 5.71 Å². The standard InChI is InChI=1S/C9H17N3/c1-5-8(11)12-9(6(2)3)7(4)10/h5-6H,4,10-11H2,1-3H3/b8-5-,12-9-. The molecule has 0 aromatic carbocycles. The second kappa shape index (κ2) is 4.59. The van der Waals surface area contributed by atoms with Crippen LogP contribution >= 0.6 is 0 Å². The lowest BCUT2D eigenvalue weighted by atomic mass is 10.1. The Kier molecular flexibility index (Phi) is 4.11. The zero-order chi connectivity index (χ0) is 9.72. The van der Waals surface area contributed by atoms with Gasteiger partial charge in [0, 0.05) is 5.70 Å². The third-order valence-corrected chi connectivity index (χ3v) is 1.42. The second-order valence-electron chi connectivity index (χ2n) is 2.89. The number of nitrogens with two attached hydrogens (primary N) is 2. The van der Waals surface area contributed by atoms with E-state index in [-0.39, 0.29) is 5.92 Å². The highest BCUT2D eigenvalue weighted by Gasteiger charge is 2.06. The number of rotatable bonds is 3. The average molecular weight is 167 g/mol. The van der Waals surface area contributed by atoms with Crippen molar-refractivity contribution < 1.29 is 0 Å². The largest absolute Gasteiger partial charge is 0.398 e. The van der Waals surface area contributed by atoms with Gasteiger partial charge in [0.2, 0.25) is 0 Å². The summed E-state index contributed by atoms with van der Waals surface area (Å²) in [6.45, 7) is 9.46. The van der Waals surface area contributed by atoms with Crippen LogP contribution in [-0.2, 0) is 0 Å². The van der Waals surface area contributed by atoms with Gasteiger partial charge in [0.1, 0.15) is 5.82 Å². The van der Waals surface area contributed by atoms with Gasteiger partial charge in [-0.2, -0.15) is 0 Å². The third kappa shape index (κ3) is 3.23. The maximum Gasteiger partial charge on any atom is 0.119 e. The van der Waals surface area contributed by atoms with Gasteiger partial charge in [0.15, 0.2) is 0 Å². The number of hydrogen-bond donors (Lipinski definition) is 2. The molecule has 3 nitrogen and oxygen atoms in total. The van der Waals surface area contributed by atoms with E-state index in [1.165, 1.54) is 0 Å². The third-order valence-electron chi connectivity index (χ3n) is 1.42. The highest BCUT2D eigenvalue weighted by Crippen LogP contribution is 2.04. The van der Waals surface area contributed by atoms with Crippen LogP contribution in [0.5, 0.6) is 0 Å². The van der Waals surface area contributed by atoms with Gasteiger partial charge in [0.05, 0.1) is 5.71 Å². The molecular formula is C9H17N3. The van der Waals surface area contributed by atoms with E-state index >= 15 is 0 Å². The molecule has 68 valence electrons. The maximum absolute atomic E-state index is 5.53. The summed E-state index contributed by atoms with van der Waals surface area (Å²) in [7, 11) is 0. The van der Waals surface area contributed by atoms with E-state index in [9.17, 15) is 0 Å². The predicted octanol–water partition coefficient (Wildman–Crippen LogP) is 1.38. The molecule has 4 N–H and O–H groups in total. The Labute approximate surface area is 73.9 Å². The summed E-state index contributed by atoms with van der Waals surface area (Å²) in [5.41, 5.74) is 12.3. The number of hydrogen-bond acceptors (Lipinski definition) is 3. The summed E-state index contributed by atoms with van der Waals surface area (Å²) in [6.07, 6.45) is 1.73. The first-order valence-corrected chi connectivity index (χ1v) is 3.94. The van der Waals surface area contributed by atoms with Crippen LogP contribution < -0.4 is 11.5 Å². The van der Waals surface area contributed by atoms with E-state index in [4.69, 9.17) is 11.5 Å². The molecule has 0 saturated carbocycles. The van der Waals surface area contributed by atoms with Crippen LogP contribution in [0, 0.1) is 5.92 Å². The van der Waals surface area contributed by atoms with Crippen LogP contribution in [0.1, 0.15) is 20.8 Å². The molecule has 0 aliphatic heterocycles. The molecule has 0 atom stereocenters. The van der Waals surface area contributed by atoms with Gasteiger partial charge in [0.25, 0.3) is 0 Å². The van der Waals surface area contributed by atoms with Crippen LogP contribution in [0.2, 0.25) is 0 Å². The predicted molar refractivity (Wildman–Crippen MR) is 53.5 cm³/mol. The SMILES string of the molecule is C=C(N)/C(=N\C(N)=C/C)C(C)C. The zero-order valence-corrected chi connectivity index (χ0v) is 7.96. The Morgan fingerprint density at radius 1 is 1.42 bits per heavy atom. The fourth-order valence-electron chi connectivity index (χ4n) is 0.775. The highest BCUT2D eigenvalue weighted by atomic mass is 14.9. The highest BCUT2D eigenvalue weighted by molar-refractivity contribution is 6.00. The summed E-state index contributed by atoms with van der Waals surface area (Å²) in [5.74, 6) is 0.728. The van der Waals surface area contributed by atoms with Gasteiger partial charge in [-0.1, -0.05) is 20.4 Å². The second-order valence-corrected chi connectivity index (χ2v) is 2.89. The van der Waals surface area contributed by atoms with Crippen LogP contribution in [0.4, 0.5) is 0 Å². The minimum atomic E-state index is 0.251. The molecule has 0 aromatic heterocycles. The molecule has 0 fully saturated rings. The molecule has 0 radical (unpaired) electrons.